The van der Waals surface area contributed by atoms with Crippen molar-refractivity contribution in [1.82, 2.24) is 0 Å². The van der Waals surface area contributed by atoms with Gasteiger partial charge in [0.15, 0.2) is 0 Å². The summed E-state index contributed by atoms with van der Waals surface area (Å²) in [6, 6.07) is 3.81. The molecular formula is C13H19N3OS. The minimum absolute atomic E-state index is 0.0394. The standard InChI is InChI=1S/C13H19N3OS/c1-8(18-2)3-4-15-12-7-11-9(5-10(12)14)6-13(17)16-11/h5,7-8,15H,3-4,6,14H2,1-2H3,(H,16,17). The monoisotopic (exact) mass is 265 g/mol. The number of anilines is 3. The van der Waals surface area contributed by atoms with Gasteiger partial charge in [-0.1, -0.05) is 6.92 Å². The Morgan fingerprint density at radius 2 is 2.33 bits per heavy atom. The first-order chi connectivity index (χ1) is 8.60. The van der Waals surface area contributed by atoms with E-state index in [2.05, 4.69) is 23.8 Å². The van der Waals surface area contributed by atoms with Gasteiger partial charge in [0.2, 0.25) is 5.91 Å². The summed E-state index contributed by atoms with van der Waals surface area (Å²) < 4.78 is 0. The predicted octanol–water partition coefficient (Wildman–Crippen LogP) is 2.32. The molecule has 1 heterocycles. The normalized spacial score (nSPS) is 15.1. The molecule has 18 heavy (non-hydrogen) atoms. The van der Waals surface area contributed by atoms with Crippen molar-refractivity contribution >= 4 is 34.7 Å². The van der Waals surface area contributed by atoms with Crippen LogP contribution in [0.1, 0.15) is 18.9 Å². The maximum Gasteiger partial charge on any atom is 0.228 e. The zero-order chi connectivity index (χ0) is 13.1. The number of benzene rings is 1. The molecule has 1 aliphatic heterocycles. The lowest BCUT2D eigenvalue weighted by Crippen LogP contribution is -2.09. The Labute approximate surface area is 112 Å². The number of thioether (sulfide) groups is 1. The molecule has 0 bridgehead atoms. The van der Waals surface area contributed by atoms with E-state index in [1.54, 1.807) is 0 Å². The molecule has 98 valence electrons. The van der Waals surface area contributed by atoms with Crippen LogP contribution in [-0.2, 0) is 11.2 Å². The summed E-state index contributed by atoms with van der Waals surface area (Å²) in [4.78, 5) is 11.3. The van der Waals surface area contributed by atoms with Crippen LogP contribution >= 0.6 is 11.8 Å². The van der Waals surface area contributed by atoms with Crippen LogP contribution < -0.4 is 16.4 Å². The molecule has 1 aromatic carbocycles. The highest BCUT2D eigenvalue weighted by molar-refractivity contribution is 7.99. The second kappa shape index (κ2) is 5.52. The van der Waals surface area contributed by atoms with Crippen molar-refractivity contribution in [3.8, 4) is 0 Å². The quantitative estimate of drug-likeness (QED) is 0.715. The summed E-state index contributed by atoms with van der Waals surface area (Å²) in [6.07, 6.45) is 3.64. The number of nitrogen functional groups attached to an aromatic ring is 1. The van der Waals surface area contributed by atoms with E-state index in [1.807, 2.05) is 23.9 Å². The molecule has 1 aliphatic rings. The first-order valence-electron chi connectivity index (χ1n) is 6.09. The Bertz CT molecular complexity index is 462. The summed E-state index contributed by atoms with van der Waals surface area (Å²) in [5, 5.41) is 6.80. The molecule has 0 aromatic heterocycles. The van der Waals surface area contributed by atoms with Gasteiger partial charge in [-0.25, -0.2) is 0 Å². The van der Waals surface area contributed by atoms with E-state index in [0.717, 1.165) is 29.9 Å². The van der Waals surface area contributed by atoms with E-state index in [9.17, 15) is 4.79 Å². The number of carbonyl (C=O) groups is 1. The largest absolute Gasteiger partial charge is 0.397 e. The van der Waals surface area contributed by atoms with Crippen LogP contribution in [0.25, 0.3) is 0 Å². The topological polar surface area (TPSA) is 67.1 Å². The molecule has 1 aromatic rings. The number of hydrogen-bond acceptors (Lipinski definition) is 4. The van der Waals surface area contributed by atoms with Gasteiger partial charge in [0.05, 0.1) is 17.8 Å². The van der Waals surface area contributed by atoms with Crippen molar-refractivity contribution < 1.29 is 4.79 Å². The van der Waals surface area contributed by atoms with Crippen LogP contribution in [0.5, 0.6) is 0 Å². The molecule has 1 unspecified atom stereocenters. The second-order valence-corrected chi connectivity index (χ2v) is 5.86. The number of nitrogens with two attached hydrogens (primary N) is 1. The molecule has 2 rings (SSSR count). The first kappa shape index (κ1) is 13.1. The molecule has 4 nitrogen and oxygen atoms in total. The lowest BCUT2D eigenvalue weighted by Gasteiger charge is -2.13. The van der Waals surface area contributed by atoms with E-state index < -0.39 is 0 Å². The molecule has 0 aliphatic carbocycles. The average molecular weight is 265 g/mol. The molecular weight excluding hydrogens is 246 g/mol. The predicted molar refractivity (Wildman–Crippen MR) is 79.3 cm³/mol. The van der Waals surface area contributed by atoms with Crippen molar-refractivity contribution in [2.75, 3.05) is 29.2 Å². The Balaban J connectivity index is 2.01. The van der Waals surface area contributed by atoms with Crippen LogP contribution in [0.2, 0.25) is 0 Å². The van der Waals surface area contributed by atoms with Gasteiger partial charge >= 0.3 is 0 Å². The van der Waals surface area contributed by atoms with Crippen LogP contribution in [0.4, 0.5) is 17.1 Å². The Morgan fingerprint density at radius 1 is 1.56 bits per heavy atom. The third-order valence-electron chi connectivity index (χ3n) is 3.17. The Hall–Kier alpha value is -1.36. The minimum Gasteiger partial charge on any atom is -0.397 e. The van der Waals surface area contributed by atoms with E-state index in [1.165, 1.54) is 0 Å². The lowest BCUT2D eigenvalue weighted by molar-refractivity contribution is -0.115. The number of carbonyl (C=O) groups excluding carboxylic acids is 1. The average Bonchev–Trinajstić information content (AvgIpc) is 2.68. The molecule has 0 radical (unpaired) electrons. The first-order valence-corrected chi connectivity index (χ1v) is 7.38. The van der Waals surface area contributed by atoms with E-state index in [4.69, 9.17) is 5.73 Å². The third-order valence-corrected chi connectivity index (χ3v) is 4.21. The SMILES string of the molecule is CSC(C)CCNc1cc2c(cc1N)CC(=O)N2. The summed E-state index contributed by atoms with van der Waals surface area (Å²) in [6.45, 7) is 3.09. The van der Waals surface area contributed by atoms with Gasteiger partial charge in [-0.3, -0.25) is 4.79 Å². The van der Waals surface area contributed by atoms with Gasteiger partial charge in [0, 0.05) is 17.5 Å². The molecule has 5 heteroatoms. The molecule has 1 atom stereocenters. The van der Waals surface area contributed by atoms with E-state index >= 15 is 0 Å². The van der Waals surface area contributed by atoms with Crippen LogP contribution in [0.3, 0.4) is 0 Å². The summed E-state index contributed by atoms with van der Waals surface area (Å²) in [5.74, 6) is 0.0394. The highest BCUT2D eigenvalue weighted by Crippen LogP contribution is 2.31. The number of hydrogen-bond donors (Lipinski definition) is 3. The number of amides is 1. The van der Waals surface area contributed by atoms with Crippen LogP contribution in [0, 0.1) is 0 Å². The number of fused-ring (bicyclic) bond motifs is 1. The van der Waals surface area contributed by atoms with Gasteiger partial charge in [0.25, 0.3) is 0 Å². The molecule has 0 fully saturated rings. The second-order valence-electron chi connectivity index (χ2n) is 4.58. The van der Waals surface area contributed by atoms with Crippen molar-refractivity contribution in [1.29, 1.82) is 0 Å². The van der Waals surface area contributed by atoms with Gasteiger partial charge in [-0.2, -0.15) is 11.8 Å². The fraction of sp³-hybridized carbons (Fsp3) is 0.462. The fourth-order valence-corrected chi connectivity index (χ4v) is 2.33. The zero-order valence-electron chi connectivity index (χ0n) is 10.7. The molecule has 0 saturated carbocycles. The third kappa shape index (κ3) is 2.90. The molecule has 4 N–H and O–H groups in total. The van der Waals surface area contributed by atoms with E-state index in [0.29, 0.717) is 17.4 Å². The maximum absolute atomic E-state index is 11.3. The lowest BCUT2D eigenvalue weighted by atomic mass is 10.1. The molecule has 1 amide bonds. The molecule has 0 spiro atoms. The zero-order valence-corrected chi connectivity index (χ0v) is 11.6. The van der Waals surface area contributed by atoms with Gasteiger partial charge in [0.1, 0.15) is 0 Å². The van der Waals surface area contributed by atoms with Gasteiger partial charge < -0.3 is 16.4 Å². The Kier molecular flexibility index (Phi) is 4.01. The Morgan fingerprint density at radius 3 is 3.06 bits per heavy atom. The van der Waals surface area contributed by atoms with Crippen LogP contribution in [0.15, 0.2) is 12.1 Å². The van der Waals surface area contributed by atoms with Crippen molar-refractivity contribution in [2.24, 2.45) is 0 Å². The van der Waals surface area contributed by atoms with Crippen molar-refractivity contribution in [2.45, 2.75) is 25.0 Å². The van der Waals surface area contributed by atoms with E-state index in [-0.39, 0.29) is 5.91 Å². The highest BCUT2D eigenvalue weighted by atomic mass is 32.2. The van der Waals surface area contributed by atoms with Gasteiger partial charge in [-0.05, 0) is 30.4 Å². The number of nitrogens with one attached hydrogen (secondary N) is 2. The minimum atomic E-state index is 0.0394. The smallest absolute Gasteiger partial charge is 0.228 e. The summed E-state index contributed by atoms with van der Waals surface area (Å²) in [7, 11) is 0. The highest BCUT2D eigenvalue weighted by Gasteiger charge is 2.19. The van der Waals surface area contributed by atoms with Crippen LogP contribution in [-0.4, -0.2) is 24.0 Å². The van der Waals surface area contributed by atoms with Crippen molar-refractivity contribution in [3.05, 3.63) is 17.7 Å². The number of rotatable bonds is 5. The molecule has 0 saturated heterocycles. The summed E-state index contributed by atoms with van der Waals surface area (Å²) >= 11 is 1.86. The maximum atomic E-state index is 11.3. The van der Waals surface area contributed by atoms with Crippen molar-refractivity contribution in [3.63, 3.8) is 0 Å². The fourth-order valence-electron chi connectivity index (χ4n) is 1.97. The van der Waals surface area contributed by atoms with Gasteiger partial charge in [-0.15, -0.1) is 0 Å². The summed E-state index contributed by atoms with van der Waals surface area (Å²) in [5.41, 5.74) is 9.47.